The number of nitrogens with zero attached hydrogens (tertiary/aromatic N) is 1. The number of ketones is 1. The predicted molar refractivity (Wildman–Crippen MR) is 188 cm³/mol. The van der Waals surface area contributed by atoms with Gasteiger partial charge in [-0.25, -0.2) is 4.79 Å². The van der Waals surface area contributed by atoms with Crippen molar-refractivity contribution in [2.45, 2.75) is 130 Å². The molecule has 4 rings (SSSR count). The van der Waals surface area contributed by atoms with Gasteiger partial charge in [-0.15, -0.1) is 0 Å². The van der Waals surface area contributed by atoms with E-state index in [1.807, 2.05) is 44.2 Å². The molecule has 0 spiro atoms. The number of urea groups is 1. The van der Waals surface area contributed by atoms with E-state index in [0.717, 1.165) is 24.3 Å². The second kappa shape index (κ2) is 20.5. The molecule has 2 saturated carbocycles. The van der Waals surface area contributed by atoms with Gasteiger partial charge in [0.2, 0.25) is 17.6 Å². The molecule has 2 unspecified atom stereocenters. The van der Waals surface area contributed by atoms with E-state index in [1.54, 1.807) is 20.8 Å². The van der Waals surface area contributed by atoms with Crippen molar-refractivity contribution in [3.05, 3.63) is 35.9 Å². The number of ether oxygens (including phenoxy) is 1. The molecule has 1 saturated heterocycles. The fourth-order valence-corrected chi connectivity index (χ4v) is 5.91. The number of amides is 5. The van der Waals surface area contributed by atoms with E-state index in [-0.39, 0.29) is 19.1 Å². The van der Waals surface area contributed by atoms with Crippen LogP contribution in [0.3, 0.4) is 0 Å². The molecular formula is C37H59N5O7. The van der Waals surface area contributed by atoms with Gasteiger partial charge in [-0.2, -0.15) is 0 Å². The van der Waals surface area contributed by atoms with Crippen LogP contribution in [0.25, 0.3) is 0 Å². The highest BCUT2D eigenvalue weighted by Crippen LogP contribution is 2.34. The first-order valence-electron chi connectivity index (χ1n) is 17.9. The average Bonchev–Trinajstić information content (AvgIpc) is 3.76. The molecular weight excluding hydrogens is 626 g/mol. The van der Waals surface area contributed by atoms with E-state index in [1.165, 1.54) is 37.0 Å². The number of nitrogens with two attached hydrogens (primary N) is 1. The van der Waals surface area contributed by atoms with E-state index < -0.39 is 65.6 Å². The largest absolute Gasteiger partial charge is 0.460 e. The summed E-state index contributed by atoms with van der Waals surface area (Å²) in [6, 6.07) is 5.45. The van der Waals surface area contributed by atoms with Crippen molar-refractivity contribution in [2.75, 3.05) is 13.1 Å². The summed E-state index contributed by atoms with van der Waals surface area (Å²) in [6.45, 7) is 11.6. The normalized spacial score (nSPS) is 18.7. The van der Waals surface area contributed by atoms with Crippen molar-refractivity contribution < 1.29 is 33.5 Å². The molecule has 3 fully saturated rings. The van der Waals surface area contributed by atoms with Crippen LogP contribution in [0.15, 0.2) is 30.3 Å². The minimum atomic E-state index is -1.11. The van der Waals surface area contributed by atoms with Crippen LogP contribution in [0.5, 0.6) is 0 Å². The highest BCUT2D eigenvalue weighted by atomic mass is 16.5. The van der Waals surface area contributed by atoms with Gasteiger partial charge in [0.1, 0.15) is 25.2 Å². The number of hydrogen-bond acceptors (Lipinski definition) is 7. The molecule has 0 radical (unpaired) electrons. The van der Waals surface area contributed by atoms with Gasteiger partial charge in [-0.05, 0) is 42.1 Å². The third kappa shape index (κ3) is 14.6. The molecule has 3 aliphatic rings. The Morgan fingerprint density at radius 1 is 0.898 bits per heavy atom. The van der Waals surface area contributed by atoms with Crippen LogP contribution in [-0.4, -0.2) is 71.6 Å². The monoisotopic (exact) mass is 685 g/mol. The Morgan fingerprint density at radius 3 is 2.06 bits per heavy atom. The first kappa shape index (κ1) is 41.2. The fourth-order valence-electron chi connectivity index (χ4n) is 5.91. The minimum absolute atomic E-state index is 0.0665. The zero-order valence-corrected chi connectivity index (χ0v) is 30.3. The molecule has 1 aromatic rings. The Morgan fingerprint density at radius 2 is 1.53 bits per heavy atom. The zero-order valence-electron chi connectivity index (χ0n) is 30.3. The molecule has 1 aromatic carbocycles. The first-order chi connectivity index (χ1) is 23.3. The Bertz CT molecular complexity index is 1240. The lowest BCUT2D eigenvalue weighted by Crippen LogP contribution is -2.60. The second-order valence-corrected chi connectivity index (χ2v) is 14.2. The maximum absolute atomic E-state index is 13.6. The van der Waals surface area contributed by atoms with Gasteiger partial charge in [-0.3, -0.25) is 24.0 Å². The fraction of sp³-hybridized carbons (Fsp3) is 0.676. The molecule has 1 heterocycles. The summed E-state index contributed by atoms with van der Waals surface area (Å²) in [7, 11) is 0. The van der Waals surface area contributed by atoms with Crippen molar-refractivity contribution >= 4 is 35.5 Å². The van der Waals surface area contributed by atoms with Gasteiger partial charge in [0.15, 0.2) is 0 Å². The van der Waals surface area contributed by atoms with Gasteiger partial charge >= 0.3 is 12.0 Å². The molecule has 3 atom stereocenters. The number of primary amides is 1. The highest BCUT2D eigenvalue weighted by Gasteiger charge is 2.43. The third-order valence-electron chi connectivity index (χ3n) is 8.90. The number of carbonyl (C=O) groups excluding carboxylic acids is 6. The average molecular weight is 686 g/mol. The van der Waals surface area contributed by atoms with Crippen molar-refractivity contribution in [3.8, 4) is 0 Å². The number of benzene rings is 1. The summed E-state index contributed by atoms with van der Waals surface area (Å²) >= 11 is 0. The number of nitrogens with one attached hydrogen (secondary N) is 3. The number of Topliss-reactive ketones (excluding diaryl/α,β-unsaturated/α-hetero) is 1. The van der Waals surface area contributed by atoms with Gasteiger partial charge in [0.25, 0.3) is 5.91 Å². The Hall–Kier alpha value is -3.96. The number of carbonyl (C=O) groups is 6. The van der Waals surface area contributed by atoms with E-state index in [0.29, 0.717) is 19.3 Å². The third-order valence-corrected chi connectivity index (χ3v) is 8.90. The smallest absolute Gasteiger partial charge is 0.325 e. The maximum Gasteiger partial charge on any atom is 0.325 e. The van der Waals surface area contributed by atoms with Crippen LogP contribution in [0.4, 0.5) is 4.79 Å². The zero-order chi connectivity index (χ0) is 36.6. The SMILES string of the molecule is CC.CC(C)(C)C(NC(=O)NCC(=O)OCc1ccccc1)C(=O)N1CCC[C@H]1C(=O)NC(CC1CC1)C(=O)C(N)=O.CC1CCCCC1. The molecule has 0 bridgehead atoms. The van der Waals surface area contributed by atoms with Crippen LogP contribution in [-0.2, 0) is 35.3 Å². The lowest BCUT2D eigenvalue weighted by molar-refractivity contribution is -0.143. The van der Waals surface area contributed by atoms with Gasteiger partial charge in [0, 0.05) is 6.54 Å². The highest BCUT2D eigenvalue weighted by molar-refractivity contribution is 6.37. The van der Waals surface area contributed by atoms with Crippen LogP contribution < -0.4 is 21.7 Å². The van der Waals surface area contributed by atoms with Gasteiger partial charge in [-0.1, -0.05) is 117 Å². The van der Waals surface area contributed by atoms with Gasteiger partial charge < -0.3 is 31.3 Å². The molecule has 2 aliphatic carbocycles. The Kier molecular flexibility index (Phi) is 17.3. The lowest BCUT2D eigenvalue weighted by atomic mass is 9.85. The Balaban J connectivity index is 0.000000809. The minimum Gasteiger partial charge on any atom is -0.460 e. The molecule has 274 valence electrons. The van der Waals surface area contributed by atoms with Crippen LogP contribution in [0.1, 0.15) is 111 Å². The Labute approximate surface area is 292 Å². The molecule has 1 aliphatic heterocycles. The standard InChI is InChI=1S/C28H39N5O7.C7H14.C2H6/c1-28(2,3)23(32-27(39)30-15-21(34)40-16-18-8-5-4-6-9-18)26(38)33-13-7-10-20(33)25(37)31-19(14-17-11-12-17)22(35)24(29)36;1-7-5-3-2-4-6-7;1-2/h4-6,8-9,17,19-20,23H,7,10-16H2,1-3H3,(H2,29,36)(H,31,37)(H2,30,32,39);7H,2-6H2,1H3;1-2H3/t19?,20-,23?;;/m0../s1. The number of likely N-dealkylation sites (tertiary alicyclic amines) is 1. The summed E-state index contributed by atoms with van der Waals surface area (Å²) in [5, 5.41) is 7.69. The van der Waals surface area contributed by atoms with Crippen molar-refractivity contribution in [1.82, 2.24) is 20.9 Å². The molecule has 5 N–H and O–H groups in total. The predicted octanol–water partition coefficient (Wildman–Crippen LogP) is 4.39. The quantitative estimate of drug-likeness (QED) is 0.186. The topological polar surface area (TPSA) is 177 Å². The summed E-state index contributed by atoms with van der Waals surface area (Å²) < 4.78 is 5.16. The molecule has 5 amide bonds. The summed E-state index contributed by atoms with van der Waals surface area (Å²) in [6.07, 6.45) is 10.5. The first-order valence-corrected chi connectivity index (χ1v) is 17.9. The summed E-state index contributed by atoms with van der Waals surface area (Å²) in [4.78, 5) is 76.7. The van der Waals surface area contributed by atoms with Crippen LogP contribution >= 0.6 is 0 Å². The number of esters is 1. The number of hydrogen-bond donors (Lipinski definition) is 4. The maximum atomic E-state index is 13.6. The molecule has 12 nitrogen and oxygen atoms in total. The van der Waals surface area contributed by atoms with Crippen molar-refractivity contribution in [2.24, 2.45) is 23.0 Å². The summed E-state index contributed by atoms with van der Waals surface area (Å²) in [5.41, 5.74) is 5.25. The van der Waals surface area contributed by atoms with Gasteiger partial charge in [0.05, 0.1) is 6.04 Å². The van der Waals surface area contributed by atoms with Crippen LogP contribution in [0, 0.1) is 17.3 Å². The van der Waals surface area contributed by atoms with Crippen molar-refractivity contribution in [3.63, 3.8) is 0 Å². The lowest BCUT2D eigenvalue weighted by Gasteiger charge is -2.35. The van der Waals surface area contributed by atoms with Crippen molar-refractivity contribution in [1.29, 1.82) is 0 Å². The van der Waals surface area contributed by atoms with E-state index in [4.69, 9.17) is 10.5 Å². The molecule has 49 heavy (non-hydrogen) atoms. The summed E-state index contributed by atoms with van der Waals surface area (Å²) in [5.74, 6) is -2.33. The second-order valence-electron chi connectivity index (χ2n) is 14.2. The van der Waals surface area contributed by atoms with E-state index in [2.05, 4.69) is 22.9 Å². The van der Waals surface area contributed by atoms with E-state index >= 15 is 0 Å². The van der Waals surface area contributed by atoms with Crippen LogP contribution in [0.2, 0.25) is 0 Å². The number of rotatable bonds is 12. The molecule has 12 heteroatoms. The molecule has 0 aromatic heterocycles. The van der Waals surface area contributed by atoms with E-state index in [9.17, 15) is 28.8 Å².